The van der Waals surface area contributed by atoms with Gasteiger partial charge in [0.25, 0.3) is 0 Å². The third-order valence-corrected chi connectivity index (χ3v) is 4.30. The molecule has 5 heteroatoms. The van der Waals surface area contributed by atoms with E-state index in [1.54, 1.807) is 11.3 Å². The predicted octanol–water partition coefficient (Wildman–Crippen LogP) is 3.17. The lowest BCUT2D eigenvalue weighted by Crippen LogP contribution is -2.17. The quantitative estimate of drug-likeness (QED) is 0.833. The highest BCUT2D eigenvalue weighted by atomic mass is 35.5. The van der Waals surface area contributed by atoms with Gasteiger partial charge in [0, 0.05) is 37.1 Å². The second-order valence-electron chi connectivity index (χ2n) is 4.91. The molecule has 2 N–H and O–H groups in total. The first kappa shape index (κ1) is 15.3. The predicted molar refractivity (Wildman–Crippen MR) is 88.1 cm³/mol. The van der Waals surface area contributed by atoms with Gasteiger partial charge in [-0.15, -0.1) is 23.7 Å². The summed E-state index contributed by atoms with van der Waals surface area (Å²) in [6.45, 7) is 5.04. The molecule has 0 atom stereocenters. The number of nitrogens with zero attached hydrogens (tertiary/aromatic N) is 1. The maximum atomic E-state index is 4.48. The van der Waals surface area contributed by atoms with E-state index in [1.165, 1.54) is 22.5 Å². The number of hydrogen-bond donors (Lipinski definition) is 2. The van der Waals surface area contributed by atoms with Gasteiger partial charge in [0.05, 0.1) is 10.7 Å². The number of aromatic nitrogens is 1. The van der Waals surface area contributed by atoms with E-state index in [9.17, 15) is 0 Å². The Morgan fingerprint density at radius 1 is 1.40 bits per heavy atom. The standard InChI is InChI=1S/C15H19N3S.ClH/c1-11-18-14(10-19-11)6-7-16-9-13-4-2-3-12-5-8-17-15(12)13;/h2-4,10,16-17H,5-9H2,1H3;1H. The number of benzene rings is 1. The van der Waals surface area contributed by atoms with Gasteiger partial charge in [0.15, 0.2) is 0 Å². The number of thiazole rings is 1. The van der Waals surface area contributed by atoms with Crippen LogP contribution >= 0.6 is 23.7 Å². The topological polar surface area (TPSA) is 37.0 Å². The Morgan fingerprint density at radius 3 is 3.10 bits per heavy atom. The van der Waals surface area contributed by atoms with Crippen molar-refractivity contribution in [3.05, 3.63) is 45.4 Å². The Kier molecular flexibility index (Phi) is 5.40. The molecule has 1 aliphatic rings. The van der Waals surface area contributed by atoms with Gasteiger partial charge < -0.3 is 10.6 Å². The molecule has 3 nitrogen and oxygen atoms in total. The molecule has 0 bridgehead atoms. The van der Waals surface area contributed by atoms with E-state index in [0.717, 1.165) is 37.5 Å². The van der Waals surface area contributed by atoms with Crippen LogP contribution in [-0.4, -0.2) is 18.1 Å². The smallest absolute Gasteiger partial charge is 0.0897 e. The summed E-state index contributed by atoms with van der Waals surface area (Å²) in [5, 5.41) is 10.3. The second kappa shape index (κ2) is 7.07. The second-order valence-corrected chi connectivity index (χ2v) is 5.97. The Morgan fingerprint density at radius 2 is 2.30 bits per heavy atom. The van der Waals surface area contributed by atoms with Gasteiger partial charge in [-0.2, -0.15) is 0 Å². The molecule has 0 unspecified atom stereocenters. The summed E-state index contributed by atoms with van der Waals surface area (Å²) in [5.41, 5.74) is 5.38. The zero-order valence-corrected chi connectivity index (χ0v) is 13.2. The fraction of sp³-hybridized carbons (Fsp3) is 0.400. The van der Waals surface area contributed by atoms with Crippen LogP contribution in [0.25, 0.3) is 0 Å². The van der Waals surface area contributed by atoms with Gasteiger partial charge in [-0.25, -0.2) is 4.98 Å². The first-order valence-corrected chi connectivity index (χ1v) is 7.67. The Balaban J connectivity index is 0.00000147. The Labute approximate surface area is 130 Å². The molecule has 0 radical (unpaired) electrons. The average Bonchev–Trinajstić information content (AvgIpc) is 3.03. The molecule has 1 aromatic carbocycles. The minimum atomic E-state index is 0. The van der Waals surface area contributed by atoms with Crippen LogP contribution in [0.5, 0.6) is 0 Å². The number of aryl methyl sites for hydroxylation is 1. The number of hydrogen-bond acceptors (Lipinski definition) is 4. The molecule has 0 fully saturated rings. The highest BCUT2D eigenvalue weighted by Gasteiger charge is 2.12. The average molecular weight is 310 g/mol. The monoisotopic (exact) mass is 309 g/mol. The van der Waals surface area contributed by atoms with Gasteiger partial charge in [-0.1, -0.05) is 18.2 Å². The van der Waals surface area contributed by atoms with Crippen molar-refractivity contribution in [2.24, 2.45) is 0 Å². The zero-order valence-electron chi connectivity index (χ0n) is 11.6. The minimum absolute atomic E-state index is 0. The lowest BCUT2D eigenvalue weighted by Gasteiger charge is -2.09. The molecular formula is C15H20ClN3S. The third kappa shape index (κ3) is 3.51. The highest BCUT2D eigenvalue weighted by Crippen LogP contribution is 2.26. The van der Waals surface area contributed by atoms with Gasteiger partial charge >= 0.3 is 0 Å². The summed E-state index contributed by atoms with van der Waals surface area (Å²) < 4.78 is 0. The largest absolute Gasteiger partial charge is 0.384 e. The summed E-state index contributed by atoms with van der Waals surface area (Å²) >= 11 is 1.73. The number of rotatable bonds is 5. The first-order valence-electron chi connectivity index (χ1n) is 6.79. The SMILES string of the molecule is Cc1nc(CCNCc2cccc3c2NCC3)cs1.Cl. The van der Waals surface area contributed by atoms with Crippen molar-refractivity contribution in [2.45, 2.75) is 26.3 Å². The Bertz CT molecular complexity index is 568. The van der Waals surface area contributed by atoms with Crippen molar-refractivity contribution >= 4 is 29.4 Å². The van der Waals surface area contributed by atoms with Crippen molar-refractivity contribution in [1.82, 2.24) is 10.3 Å². The van der Waals surface area contributed by atoms with Gasteiger partial charge in [-0.3, -0.25) is 0 Å². The summed E-state index contributed by atoms with van der Waals surface area (Å²) in [6, 6.07) is 6.58. The Hall–Kier alpha value is -1.10. The molecule has 108 valence electrons. The van der Waals surface area contributed by atoms with Crippen LogP contribution in [0.4, 0.5) is 5.69 Å². The van der Waals surface area contributed by atoms with Crippen molar-refractivity contribution in [2.75, 3.05) is 18.4 Å². The van der Waals surface area contributed by atoms with Crippen LogP contribution in [0.2, 0.25) is 0 Å². The minimum Gasteiger partial charge on any atom is -0.384 e. The molecule has 0 saturated carbocycles. The molecule has 0 amide bonds. The van der Waals surface area contributed by atoms with Crippen LogP contribution in [0, 0.1) is 6.92 Å². The molecule has 2 aromatic rings. The van der Waals surface area contributed by atoms with Crippen LogP contribution in [0.15, 0.2) is 23.6 Å². The fourth-order valence-corrected chi connectivity index (χ4v) is 3.17. The van der Waals surface area contributed by atoms with E-state index in [-0.39, 0.29) is 12.4 Å². The molecule has 2 heterocycles. The van der Waals surface area contributed by atoms with E-state index in [2.05, 4.69) is 46.1 Å². The van der Waals surface area contributed by atoms with E-state index < -0.39 is 0 Å². The van der Waals surface area contributed by atoms with Crippen LogP contribution < -0.4 is 10.6 Å². The molecule has 0 saturated heterocycles. The lowest BCUT2D eigenvalue weighted by molar-refractivity contribution is 0.682. The molecule has 3 rings (SSSR count). The number of fused-ring (bicyclic) bond motifs is 1. The highest BCUT2D eigenvalue weighted by molar-refractivity contribution is 7.09. The third-order valence-electron chi connectivity index (χ3n) is 3.47. The molecule has 1 aliphatic heterocycles. The molecule has 0 aliphatic carbocycles. The number of nitrogens with one attached hydrogen (secondary N) is 2. The first-order chi connectivity index (χ1) is 9.33. The summed E-state index contributed by atoms with van der Waals surface area (Å²) in [5.74, 6) is 0. The summed E-state index contributed by atoms with van der Waals surface area (Å²) in [7, 11) is 0. The fourth-order valence-electron chi connectivity index (χ4n) is 2.52. The molecule has 1 aromatic heterocycles. The van der Waals surface area contributed by atoms with Crippen LogP contribution in [0.1, 0.15) is 21.8 Å². The molecule has 0 spiro atoms. The van der Waals surface area contributed by atoms with E-state index >= 15 is 0 Å². The molecule has 20 heavy (non-hydrogen) atoms. The number of para-hydroxylation sites is 1. The molecular weight excluding hydrogens is 290 g/mol. The van der Waals surface area contributed by atoms with Crippen molar-refractivity contribution < 1.29 is 0 Å². The maximum absolute atomic E-state index is 4.48. The summed E-state index contributed by atoms with van der Waals surface area (Å²) in [4.78, 5) is 4.48. The van der Waals surface area contributed by atoms with Crippen molar-refractivity contribution in [3.8, 4) is 0 Å². The number of anilines is 1. The van der Waals surface area contributed by atoms with Crippen LogP contribution in [0.3, 0.4) is 0 Å². The van der Waals surface area contributed by atoms with Gasteiger partial charge in [-0.05, 0) is 24.5 Å². The van der Waals surface area contributed by atoms with E-state index in [0.29, 0.717) is 0 Å². The van der Waals surface area contributed by atoms with Crippen molar-refractivity contribution in [3.63, 3.8) is 0 Å². The van der Waals surface area contributed by atoms with Crippen molar-refractivity contribution in [1.29, 1.82) is 0 Å². The summed E-state index contributed by atoms with van der Waals surface area (Å²) in [6.07, 6.45) is 2.16. The van der Waals surface area contributed by atoms with Gasteiger partial charge in [0.1, 0.15) is 0 Å². The van der Waals surface area contributed by atoms with E-state index in [1.807, 2.05) is 0 Å². The lowest BCUT2D eigenvalue weighted by atomic mass is 10.1. The van der Waals surface area contributed by atoms with E-state index in [4.69, 9.17) is 0 Å². The van der Waals surface area contributed by atoms with Gasteiger partial charge in [0.2, 0.25) is 0 Å². The van der Waals surface area contributed by atoms with Crippen LogP contribution in [-0.2, 0) is 19.4 Å². The maximum Gasteiger partial charge on any atom is 0.0897 e. The normalized spacial score (nSPS) is 12.7. The zero-order chi connectivity index (χ0) is 13.1. The number of halogens is 1.